The molecule has 0 aliphatic heterocycles. The summed E-state index contributed by atoms with van der Waals surface area (Å²) in [5.74, 6) is 1.35. The first-order valence-corrected chi connectivity index (χ1v) is 10.9. The number of carbonyl (C=O) groups is 2. The van der Waals surface area contributed by atoms with E-state index in [-0.39, 0.29) is 5.91 Å². The Hall–Kier alpha value is -4.47. The van der Waals surface area contributed by atoms with Gasteiger partial charge in [0, 0.05) is 18.2 Å². The number of rotatable bonds is 6. The fourth-order valence-electron chi connectivity index (χ4n) is 3.32. The van der Waals surface area contributed by atoms with Crippen LogP contribution in [0.2, 0.25) is 0 Å². The Labute approximate surface area is 202 Å². The fourth-order valence-corrected chi connectivity index (χ4v) is 3.32. The van der Waals surface area contributed by atoms with Crippen molar-refractivity contribution >= 4 is 28.9 Å². The van der Waals surface area contributed by atoms with E-state index >= 15 is 0 Å². The van der Waals surface area contributed by atoms with Crippen molar-refractivity contribution in [2.75, 3.05) is 12.4 Å². The van der Waals surface area contributed by atoms with Crippen LogP contribution in [0.1, 0.15) is 36.7 Å². The summed E-state index contributed by atoms with van der Waals surface area (Å²) in [5, 5.41) is 5.51. The third-order valence-electron chi connectivity index (χ3n) is 4.95. The van der Waals surface area contributed by atoms with Gasteiger partial charge in [-0.1, -0.05) is 12.1 Å². The van der Waals surface area contributed by atoms with E-state index in [9.17, 15) is 9.59 Å². The predicted octanol–water partition coefficient (Wildman–Crippen LogP) is 4.10. The lowest BCUT2D eigenvalue weighted by molar-refractivity contribution is 0.0635. The van der Waals surface area contributed by atoms with E-state index in [1.807, 2.05) is 24.3 Å². The Balaban J connectivity index is 1.47. The van der Waals surface area contributed by atoms with Crippen molar-refractivity contribution < 1.29 is 19.1 Å². The molecule has 0 saturated carbocycles. The number of anilines is 1. The van der Waals surface area contributed by atoms with Gasteiger partial charge in [0.15, 0.2) is 0 Å². The van der Waals surface area contributed by atoms with Gasteiger partial charge in [-0.25, -0.2) is 19.7 Å². The molecule has 2 N–H and O–H groups in total. The minimum Gasteiger partial charge on any atom is -0.497 e. The lowest BCUT2D eigenvalue weighted by atomic mass is 10.1. The van der Waals surface area contributed by atoms with Crippen molar-refractivity contribution in [3.63, 3.8) is 0 Å². The molecular formula is C25H26N6O4. The summed E-state index contributed by atoms with van der Waals surface area (Å²) in [7, 11) is 1.61. The third-order valence-corrected chi connectivity index (χ3v) is 4.95. The predicted molar refractivity (Wildman–Crippen MR) is 131 cm³/mol. The summed E-state index contributed by atoms with van der Waals surface area (Å²) < 4.78 is 12.2. The molecule has 2 heterocycles. The van der Waals surface area contributed by atoms with Gasteiger partial charge in [-0.2, -0.15) is 0 Å². The highest BCUT2D eigenvalue weighted by Gasteiger charge is 2.17. The second kappa shape index (κ2) is 9.80. The maximum Gasteiger partial charge on any atom is 0.413 e. The van der Waals surface area contributed by atoms with Crippen molar-refractivity contribution in [1.82, 2.24) is 24.8 Å². The molecule has 2 aromatic carbocycles. The molecule has 180 valence electrons. The molecule has 4 rings (SSSR count). The van der Waals surface area contributed by atoms with Gasteiger partial charge in [0.05, 0.1) is 18.1 Å². The van der Waals surface area contributed by atoms with Crippen molar-refractivity contribution in [3.8, 4) is 11.6 Å². The molecule has 0 aliphatic carbocycles. The second-order valence-electron chi connectivity index (χ2n) is 8.74. The topological polar surface area (TPSA) is 120 Å². The van der Waals surface area contributed by atoms with Crippen LogP contribution in [0.5, 0.6) is 5.75 Å². The zero-order valence-electron chi connectivity index (χ0n) is 19.9. The number of nitrogens with one attached hydrogen (secondary N) is 2. The summed E-state index contributed by atoms with van der Waals surface area (Å²) in [6.45, 7) is 5.74. The SMILES string of the molecule is COc1ccc(CNC(=O)c2ccc3c(c2)ncn3-c2cc(NC(=O)OC(C)(C)C)ncn2)cc1. The maximum atomic E-state index is 12.7. The molecule has 0 radical (unpaired) electrons. The molecule has 35 heavy (non-hydrogen) atoms. The number of hydrogen-bond acceptors (Lipinski definition) is 7. The molecule has 0 aliphatic rings. The molecule has 0 saturated heterocycles. The molecule has 2 amide bonds. The van der Waals surface area contributed by atoms with E-state index in [0.29, 0.717) is 29.3 Å². The number of ether oxygens (including phenoxy) is 2. The standard InChI is InChI=1S/C25H26N6O4/c1-25(2,3)35-24(33)30-21-12-22(28-14-27-21)31-15-29-19-11-17(7-10-20(19)31)23(32)26-13-16-5-8-18(34-4)9-6-16/h5-12,14-15H,13H2,1-4H3,(H,26,32)(H,27,28,30,33). The number of methoxy groups -OCH3 is 1. The van der Waals surface area contributed by atoms with E-state index in [0.717, 1.165) is 16.8 Å². The van der Waals surface area contributed by atoms with Crippen LogP contribution in [0, 0.1) is 0 Å². The van der Waals surface area contributed by atoms with Gasteiger partial charge in [-0.3, -0.25) is 14.7 Å². The molecule has 10 heteroatoms. The Morgan fingerprint density at radius 2 is 1.77 bits per heavy atom. The molecule has 0 unspecified atom stereocenters. The average Bonchev–Trinajstić information content (AvgIpc) is 3.25. The summed E-state index contributed by atoms with van der Waals surface area (Å²) in [6.07, 6.45) is 2.33. The quantitative estimate of drug-likeness (QED) is 0.432. The van der Waals surface area contributed by atoms with Crippen LogP contribution in [-0.2, 0) is 11.3 Å². The number of amides is 2. The highest BCUT2D eigenvalue weighted by atomic mass is 16.6. The van der Waals surface area contributed by atoms with E-state index in [4.69, 9.17) is 9.47 Å². The van der Waals surface area contributed by atoms with Gasteiger partial charge in [-0.15, -0.1) is 0 Å². The van der Waals surface area contributed by atoms with Crippen LogP contribution in [0.3, 0.4) is 0 Å². The van der Waals surface area contributed by atoms with Gasteiger partial charge in [0.1, 0.15) is 35.6 Å². The monoisotopic (exact) mass is 474 g/mol. The van der Waals surface area contributed by atoms with E-state index in [1.165, 1.54) is 6.33 Å². The normalized spacial score (nSPS) is 11.2. The summed E-state index contributed by atoms with van der Waals surface area (Å²) in [5.41, 5.74) is 2.20. The van der Waals surface area contributed by atoms with Gasteiger partial charge >= 0.3 is 6.09 Å². The first kappa shape index (κ1) is 23.7. The summed E-state index contributed by atoms with van der Waals surface area (Å²) >= 11 is 0. The molecule has 10 nitrogen and oxygen atoms in total. The minimum absolute atomic E-state index is 0.205. The van der Waals surface area contributed by atoms with Crippen LogP contribution in [0.15, 0.2) is 61.2 Å². The Morgan fingerprint density at radius 3 is 2.49 bits per heavy atom. The molecule has 2 aromatic heterocycles. The Bertz CT molecular complexity index is 1360. The highest BCUT2D eigenvalue weighted by Crippen LogP contribution is 2.20. The second-order valence-corrected chi connectivity index (χ2v) is 8.74. The zero-order chi connectivity index (χ0) is 25.0. The van der Waals surface area contributed by atoms with Crippen LogP contribution in [-0.4, -0.2) is 44.2 Å². The number of hydrogen-bond donors (Lipinski definition) is 2. The molecular weight excluding hydrogens is 448 g/mol. The highest BCUT2D eigenvalue weighted by molar-refractivity contribution is 5.97. The first-order valence-electron chi connectivity index (χ1n) is 10.9. The fraction of sp³-hybridized carbons (Fsp3) is 0.240. The van der Waals surface area contributed by atoms with Crippen LogP contribution >= 0.6 is 0 Å². The first-order chi connectivity index (χ1) is 16.7. The van der Waals surface area contributed by atoms with E-state index in [2.05, 4.69) is 25.6 Å². The number of carbonyl (C=O) groups excluding carboxylic acids is 2. The smallest absolute Gasteiger partial charge is 0.413 e. The van der Waals surface area contributed by atoms with Gasteiger partial charge in [0.25, 0.3) is 5.91 Å². The third kappa shape index (κ3) is 5.91. The van der Waals surface area contributed by atoms with Crippen molar-refractivity contribution in [3.05, 3.63) is 72.3 Å². The molecule has 4 aromatic rings. The maximum absolute atomic E-state index is 12.7. The summed E-state index contributed by atoms with van der Waals surface area (Å²) in [6, 6.07) is 14.4. The lowest BCUT2D eigenvalue weighted by Crippen LogP contribution is -2.27. The van der Waals surface area contributed by atoms with Crippen molar-refractivity contribution in [2.45, 2.75) is 32.9 Å². The number of fused-ring (bicyclic) bond motifs is 1. The number of benzene rings is 2. The van der Waals surface area contributed by atoms with Crippen LogP contribution in [0.4, 0.5) is 10.6 Å². The Kier molecular flexibility index (Phi) is 6.63. The molecule has 0 fully saturated rings. The van der Waals surface area contributed by atoms with Gasteiger partial charge in [-0.05, 0) is 56.7 Å². The lowest BCUT2D eigenvalue weighted by Gasteiger charge is -2.19. The van der Waals surface area contributed by atoms with Crippen molar-refractivity contribution in [1.29, 1.82) is 0 Å². The van der Waals surface area contributed by atoms with Crippen LogP contribution in [0.25, 0.3) is 16.9 Å². The van der Waals surface area contributed by atoms with Gasteiger partial charge < -0.3 is 14.8 Å². The molecule has 0 atom stereocenters. The Morgan fingerprint density at radius 1 is 1.00 bits per heavy atom. The number of nitrogens with zero attached hydrogens (tertiary/aromatic N) is 4. The number of aromatic nitrogens is 4. The number of imidazole rings is 1. The minimum atomic E-state index is -0.626. The molecule has 0 bridgehead atoms. The van der Waals surface area contributed by atoms with Gasteiger partial charge in [0.2, 0.25) is 0 Å². The zero-order valence-corrected chi connectivity index (χ0v) is 19.9. The largest absolute Gasteiger partial charge is 0.497 e. The average molecular weight is 475 g/mol. The van der Waals surface area contributed by atoms with Crippen LogP contribution < -0.4 is 15.4 Å². The van der Waals surface area contributed by atoms with E-state index < -0.39 is 11.7 Å². The van der Waals surface area contributed by atoms with Crippen molar-refractivity contribution in [2.24, 2.45) is 0 Å². The summed E-state index contributed by atoms with van der Waals surface area (Å²) in [4.78, 5) is 37.5. The molecule has 0 spiro atoms. The van der Waals surface area contributed by atoms with E-state index in [1.54, 1.807) is 63.0 Å².